The number of halogens is 5. The third-order valence-corrected chi connectivity index (χ3v) is 7.31. The molecule has 2 aliphatic rings. The third-order valence-electron chi connectivity index (χ3n) is 7.31. The van der Waals surface area contributed by atoms with Crippen LogP contribution >= 0.6 is 0 Å². The van der Waals surface area contributed by atoms with E-state index in [1.165, 1.54) is 32.9 Å². The Hall–Kier alpha value is -3.74. The molecule has 2 aromatic rings. The molecule has 0 saturated carbocycles. The van der Waals surface area contributed by atoms with Gasteiger partial charge in [-0.1, -0.05) is 18.2 Å². The molecule has 8 nitrogen and oxygen atoms in total. The Balaban J connectivity index is 1.53. The fourth-order valence-corrected chi connectivity index (χ4v) is 5.31. The van der Waals surface area contributed by atoms with Gasteiger partial charge in [-0.15, -0.1) is 0 Å². The molecule has 2 N–H and O–H groups in total. The number of alkyl halides is 3. The van der Waals surface area contributed by atoms with E-state index in [2.05, 4.69) is 0 Å². The first kappa shape index (κ1) is 30.2. The van der Waals surface area contributed by atoms with Crippen LogP contribution in [-0.4, -0.2) is 71.1 Å². The fraction of sp³-hybridized carbons (Fsp3) is 0.464. The van der Waals surface area contributed by atoms with Gasteiger partial charge in [-0.25, -0.2) is 13.6 Å². The summed E-state index contributed by atoms with van der Waals surface area (Å²) >= 11 is 0. The van der Waals surface area contributed by atoms with Crippen LogP contribution in [-0.2, 0) is 33.5 Å². The Bertz CT molecular complexity index is 1270. The number of amides is 3. The number of ether oxygens (including phenoxy) is 1. The van der Waals surface area contributed by atoms with Gasteiger partial charge in [0.1, 0.15) is 23.8 Å². The number of piperazine rings is 1. The van der Waals surface area contributed by atoms with E-state index in [1.54, 1.807) is 0 Å². The highest BCUT2D eigenvalue weighted by Crippen LogP contribution is 2.33. The van der Waals surface area contributed by atoms with Crippen molar-refractivity contribution in [2.24, 2.45) is 5.73 Å². The molecule has 3 amide bonds. The average molecular weight is 583 g/mol. The summed E-state index contributed by atoms with van der Waals surface area (Å²) < 4.78 is 73.6. The number of nitrogens with two attached hydrogens (primary N) is 1. The van der Waals surface area contributed by atoms with Gasteiger partial charge in [0.15, 0.2) is 0 Å². The fourth-order valence-electron chi connectivity index (χ4n) is 5.31. The van der Waals surface area contributed by atoms with Crippen LogP contribution in [0.4, 0.5) is 26.7 Å². The zero-order valence-electron chi connectivity index (χ0n) is 22.2. The van der Waals surface area contributed by atoms with Crippen molar-refractivity contribution < 1.29 is 41.1 Å². The number of carbonyl (C=O) groups excluding carboxylic acids is 3. The van der Waals surface area contributed by atoms with Gasteiger partial charge in [0.2, 0.25) is 11.8 Å². The van der Waals surface area contributed by atoms with E-state index in [-0.39, 0.29) is 62.5 Å². The van der Waals surface area contributed by atoms with Gasteiger partial charge in [-0.2, -0.15) is 13.2 Å². The van der Waals surface area contributed by atoms with Gasteiger partial charge in [-0.05, 0) is 55.6 Å². The van der Waals surface area contributed by atoms with Crippen LogP contribution in [0.2, 0.25) is 0 Å². The van der Waals surface area contributed by atoms with Crippen molar-refractivity contribution in [3.05, 3.63) is 70.8 Å². The first-order valence-electron chi connectivity index (χ1n) is 13.3. The minimum absolute atomic E-state index is 0.0326. The van der Waals surface area contributed by atoms with Crippen molar-refractivity contribution in [2.75, 3.05) is 26.2 Å². The standard InChI is InChI=1S/C28H31F5N4O4/c29-20-8-9-22(30)19(15-20)16-35-17-24-36(13-10-25(38)37(24)23(26(35)39)7-3-4-12-34)27(40)41-14-11-18-5-1-2-6-21(18)28(31,32)33/h1-2,5-6,8-9,15,23-24H,3-4,7,10-14,16-17,34H2/t23-,24+/m0/s1. The number of hydrogen-bond donors (Lipinski definition) is 1. The van der Waals surface area contributed by atoms with Gasteiger partial charge < -0.3 is 20.3 Å². The molecule has 2 fully saturated rings. The lowest BCUT2D eigenvalue weighted by Crippen LogP contribution is -2.71. The summed E-state index contributed by atoms with van der Waals surface area (Å²) in [6.07, 6.45) is -5.30. The second kappa shape index (κ2) is 12.8. The van der Waals surface area contributed by atoms with E-state index in [4.69, 9.17) is 10.5 Å². The van der Waals surface area contributed by atoms with E-state index in [1.807, 2.05) is 0 Å². The summed E-state index contributed by atoms with van der Waals surface area (Å²) in [5.41, 5.74) is 4.68. The molecule has 2 heterocycles. The number of benzene rings is 2. The van der Waals surface area contributed by atoms with E-state index in [0.717, 1.165) is 24.3 Å². The molecule has 0 aromatic heterocycles. The van der Waals surface area contributed by atoms with Crippen LogP contribution in [0.1, 0.15) is 42.4 Å². The third kappa shape index (κ3) is 6.95. The van der Waals surface area contributed by atoms with E-state index in [0.29, 0.717) is 19.4 Å². The first-order valence-corrected chi connectivity index (χ1v) is 13.3. The molecule has 0 unspecified atom stereocenters. The summed E-state index contributed by atoms with van der Waals surface area (Å²) in [4.78, 5) is 43.5. The molecule has 2 aromatic carbocycles. The molecular formula is C28H31F5N4O4. The average Bonchev–Trinajstić information content (AvgIpc) is 2.92. The number of hydrogen-bond acceptors (Lipinski definition) is 5. The molecule has 2 atom stereocenters. The Kier molecular flexibility index (Phi) is 9.46. The quantitative estimate of drug-likeness (QED) is 0.356. The van der Waals surface area contributed by atoms with Crippen molar-refractivity contribution in [2.45, 2.75) is 57.0 Å². The topological polar surface area (TPSA) is 96.2 Å². The smallest absolute Gasteiger partial charge is 0.416 e. The van der Waals surface area contributed by atoms with Crippen LogP contribution in [0, 0.1) is 11.6 Å². The minimum atomic E-state index is -4.56. The summed E-state index contributed by atoms with van der Waals surface area (Å²) in [7, 11) is 0. The Morgan fingerprint density at radius 1 is 1.05 bits per heavy atom. The van der Waals surface area contributed by atoms with Crippen molar-refractivity contribution in [3.8, 4) is 0 Å². The molecule has 0 spiro atoms. The largest absolute Gasteiger partial charge is 0.449 e. The summed E-state index contributed by atoms with van der Waals surface area (Å²) in [6.45, 7) is -0.484. The van der Waals surface area contributed by atoms with Crippen molar-refractivity contribution in [1.29, 1.82) is 0 Å². The van der Waals surface area contributed by atoms with Crippen molar-refractivity contribution in [1.82, 2.24) is 14.7 Å². The lowest BCUT2D eigenvalue weighted by atomic mass is 9.98. The molecule has 13 heteroatoms. The number of carbonyl (C=O) groups is 3. The molecule has 0 aliphatic carbocycles. The van der Waals surface area contributed by atoms with Gasteiger partial charge >= 0.3 is 12.3 Å². The molecule has 41 heavy (non-hydrogen) atoms. The highest BCUT2D eigenvalue weighted by atomic mass is 19.4. The van der Waals surface area contributed by atoms with E-state index >= 15 is 0 Å². The van der Waals surface area contributed by atoms with Gasteiger partial charge in [-0.3, -0.25) is 14.5 Å². The molecule has 2 aliphatic heterocycles. The van der Waals surface area contributed by atoms with Crippen LogP contribution in [0.3, 0.4) is 0 Å². The zero-order valence-corrected chi connectivity index (χ0v) is 22.2. The summed E-state index contributed by atoms with van der Waals surface area (Å²) in [5, 5.41) is 0. The Labute approximate surface area is 233 Å². The number of rotatable bonds is 9. The normalized spacial score (nSPS) is 19.4. The summed E-state index contributed by atoms with van der Waals surface area (Å²) in [6, 6.07) is 6.92. The van der Waals surface area contributed by atoms with E-state index < -0.39 is 47.6 Å². The second-order valence-corrected chi connectivity index (χ2v) is 10.00. The number of unbranched alkanes of at least 4 members (excludes halogenated alkanes) is 1. The monoisotopic (exact) mass is 582 g/mol. The van der Waals surface area contributed by atoms with Crippen LogP contribution in [0.15, 0.2) is 42.5 Å². The molecular weight excluding hydrogens is 551 g/mol. The highest BCUT2D eigenvalue weighted by Gasteiger charge is 2.49. The molecule has 0 radical (unpaired) electrons. The van der Waals surface area contributed by atoms with Crippen LogP contribution in [0.25, 0.3) is 0 Å². The maximum absolute atomic E-state index is 14.4. The molecule has 222 valence electrons. The van der Waals surface area contributed by atoms with Crippen molar-refractivity contribution >= 4 is 17.9 Å². The van der Waals surface area contributed by atoms with Gasteiger partial charge in [0, 0.05) is 31.5 Å². The van der Waals surface area contributed by atoms with E-state index in [9.17, 15) is 36.3 Å². The van der Waals surface area contributed by atoms with Gasteiger partial charge in [0.05, 0.1) is 18.7 Å². The van der Waals surface area contributed by atoms with Crippen LogP contribution < -0.4 is 5.73 Å². The lowest BCUT2D eigenvalue weighted by Gasteiger charge is -2.52. The van der Waals surface area contributed by atoms with Crippen molar-refractivity contribution in [3.63, 3.8) is 0 Å². The summed E-state index contributed by atoms with van der Waals surface area (Å²) in [5.74, 6) is -2.20. The Morgan fingerprint density at radius 3 is 2.54 bits per heavy atom. The predicted octanol–water partition coefficient (Wildman–Crippen LogP) is 4.06. The molecule has 0 bridgehead atoms. The minimum Gasteiger partial charge on any atom is -0.449 e. The zero-order chi connectivity index (χ0) is 29.7. The second-order valence-electron chi connectivity index (χ2n) is 10.00. The molecule has 2 saturated heterocycles. The number of nitrogens with zero attached hydrogens (tertiary/aromatic N) is 3. The van der Waals surface area contributed by atoms with Crippen LogP contribution in [0.5, 0.6) is 0 Å². The molecule has 4 rings (SSSR count). The Morgan fingerprint density at radius 2 is 1.80 bits per heavy atom. The maximum Gasteiger partial charge on any atom is 0.416 e. The van der Waals surface area contributed by atoms with Gasteiger partial charge in [0.25, 0.3) is 0 Å². The lowest BCUT2D eigenvalue weighted by molar-refractivity contribution is -0.169. The number of fused-ring (bicyclic) bond motifs is 1. The highest BCUT2D eigenvalue weighted by molar-refractivity contribution is 5.90. The predicted molar refractivity (Wildman–Crippen MR) is 137 cm³/mol. The first-order chi connectivity index (χ1) is 19.5. The SMILES string of the molecule is NCCCC[C@H]1C(=O)N(Cc2cc(F)ccc2F)C[C@@H]2N(C(=O)OCCc3ccccc3C(F)(F)F)CCC(=O)N21. The maximum atomic E-state index is 14.4.